The van der Waals surface area contributed by atoms with Crippen molar-refractivity contribution in [2.24, 2.45) is 11.3 Å². The van der Waals surface area contributed by atoms with Crippen molar-refractivity contribution in [2.45, 2.75) is 71.8 Å². The van der Waals surface area contributed by atoms with Gasteiger partial charge >= 0.3 is 5.97 Å². The number of carboxylic acid groups (broad SMARTS) is 1. The molecule has 0 aromatic heterocycles. The van der Waals surface area contributed by atoms with Gasteiger partial charge in [0.15, 0.2) is 0 Å². The van der Waals surface area contributed by atoms with Crippen molar-refractivity contribution in [3.8, 4) is 0 Å². The van der Waals surface area contributed by atoms with Gasteiger partial charge in [-0.2, -0.15) is 0 Å². The zero-order chi connectivity index (χ0) is 14.7. The van der Waals surface area contributed by atoms with E-state index < -0.39 is 11.5 Å². The predicted octanol–water partition coefficient (Wildman–Crippen LogP) is 2.96. The average Bonchev–Trinajstić information content (AvgIpc) is 2.34. The molecule has 1 rings (SSSR count). The summed E-state index contributed by atoms with van der Waals surface area (Å²) >= 11 is 0. The fourth-order valence-corrected chi connectivity index (χ4v) is 3.09. The molecular weight excluding hydrogens is 242 g/mol. The van der Waals surface area contributed by atoms with E-state index in [-0.39, 0.29) is 17.2 Å². The highest BCUT2D eigenvalue weighted by Crippen LogP contribution is 2.41. The van der Waals surface area contributed by atoms with Gasteiger partial charge in [0.05, 0.1) is 0 Å². The van der Waals surface area contributed by atoms with E-state index in [1.807, 2.05) is 13.8 Å². The van der Waals surface area contributed by atoms with E-state index in [0.29, 0.717) is 12.8 Å². The molecule has 4 nitrogen and oxygen atoms in total. The fraction of sp³-hybridized carbons (Fsp3) is 0.867. The summed E-state index contributed by atoms with van der Waals surface area (Å²) in [7, 11) is 0. The Morgan fingerprint density at radius 3 is 2.26 bits per heavy atom. The smallest absolute Gasteiger partial charge is 0.329 e. The normalized spacial score (nSPS) is 22.8. The molecule has 110 valence electrons. The van der Waals surface area contributed by atoms with Crippen molar-refractivity contribution in [1.82, 2.24) is 5.32 Å². The molecule has 0 aromatic carbocycles. The lowest BCUT2D eigenvalue weighted by atomic mass is 9.68. The van der Waals surface area contributed by atoms with Gasteiger partial charge in [-0.15, -0.1) is 0 Å². The molecule has 19 heavy (non-hydrogen) atoms. The monoisotopic (exact) mass is 269 g/mol. The van der Waals surface area contributed by atoms with Crippen LogP contribution >= 0.6 is 0 Å². The molecule has 1 aliphatic rings. The summed E-state index contributed by atoms with van der Waals surface area (Å²) in [5.41, 5.74) is -1.14. The zero-order valence-electron chi connectivity index (χ0n) is 12.6. The molecule has 1 amide bonds. The summed E-state index contributed by atoms with van der Waals surface area (Å²) in [6.45, 7) is 7.83. The van der Waals surface area contributed by atoms with E-state index in [4.69, 9.17) is 0 Å². The van der Waals surface area contributed by atoms with Crippen molar-refractivity contribution in [1.29, 1.82) is 0 Å². The summed E-state index contributed by atoms with van der Waals surface area (Å²) in [4.78, 5) is 23.9. The van der Waals surface area contributed by atoms with Crippen LogP contribution in [0.15, 0.2) is 0 Å². The second-order valence-corrected chi connectivity index (χ2v) is 6.37. The molecule has 1 unspecified atom stereocenters. The van der Waals surface area contributed by atoms with Gasteiger partial charge in [0.25, 0.3) is 0 Å². The predicted molar refractivity (Wildman–Crippen MR) is 74.8 cm³/mol. The van der Waals surface area contributed by atoms with E-state index in [9.17, 15) is 14.7 Å². The maximum Gasteiger partial charge on any atom is 0.329 e. The van der Waals surface area contributed by atoms with Crippen LogP contribution in [0.25, 0.3) is 0 Å². The number of aliphatic carboxylic acids is 1. The van der Waals surface area contributed by atoms with Crippen LogP contribution in [0.3, 0.4) is 0 Å². The molecular formula is C15H27NO3. The van der Waals surface area contributed by atoms with Crippen LogP contribution in [-0.4, -0.2) is 22.5 Å². The number of nitrogens with one attached hydrogen (secondary N) is 1. The first kappa shape index (κ1) is 16.0. The third-order valence-electron chi connectivity index (χ3n) is 4.80. The molecule has 0 aliphatic heterocycles. The Kier molecular flexibility index (Phi) is 4.99. The van der Waals surface area contributed by atoms with Crippen molar-refractivity contribution in [3.63, 3.8) is 0 Å². The topological polar surface area (TPSA) is 66.4 Å². The maximum atomic E-state index is 12.5. The number of carbonyl (C=O) groups is 2. The first-order valence-corrected chi connectivity index (χ1v) is 7.34. The van der Waals surface area contributed by atoms with Crippen LogP contribution in [0.5, 0.6) is 0 Å². The van der Waals surface area contributed by atoms with Gasteiger partial charge in [-0.05, 0) is 31.1 Å². The first-order chi connectivity index (χ1) is 8.79. The lowest BCUT2D eigenvalue weighted by Gasteiger charge is -2.39. The number of carbonyl (C=O) groups excluding carboxylic acids is 1. The highest BCUT2D eigenvalue weighted by atomic mass is 16.4. The standard InChI is InChI=1S/C15H27NO3/c1-5-15(6-2,13(18)19)16-12(17)11-9-7-8-10-14(11,3)4/h11H,5-10H2,1-4H3,(H,16,17)(H,18,19). The third kappa shape index (κ3) is 3.28. The molecule has 0 heterocycles. The Morgan fingerprint density at radius 1 is 1.26 bits per heavy atom. The van der Waals surface area contributed by atoms with E-state index in [2.05, 4.69) is 19.2 Å². The number of amides is 1. The summed E-state index contributed by atoms with van der Waals surface area (Å²) in [5, 5.41) is 12.2. The SMILES string of the molecule is CCC(CC)(NC(=O)C1CCCCC1(C)C)C(=O)O. The van der Waals surface area contributed by atoms with Crippen molar-refractivity contribution in [3.05, 3.63) is 0 Å². The summed E-state index contributed by atoms with van der Waals surface area (Å²) in [5.74, 6) is -1.09. The largest absolute Gasteiger partial charge is 0.480 e. The minimum atomic E-state index is -1.11. The Hall–Kier alpha value is -1.06. The molecule has 0 bridgehead atoms. The quantitative estimate of drug-likeness (QED) is 0.806. The van der Waals surface area contributed by atoms with Crippen molar-refractivity contribution in [2.75, 3.05) is 0 Å². The van der Waals surface area contributed by atoms with Gasteiger partial charge in [0.1, 0.15) is 5.54 Å². The second-order valence-electron chi connectivity index (χ2n) is 6.37. The minimum Gasteiger partial charge on any atom is -0.480 e. The molecule has 0 radical (unpaired) electrons. The molecule has 1 saturated carbocycles. The van der Waals surface area contributed by atoms with Crippen LogP contribution in [0, 0.1) is 11.3 Å². The fourth-order valence-electron chi connectivity index (χ4n) is 3.09. The van der Waals surface area contributed by atoms with Gasteiger partial charge in [0.2, 0.25) is 5.91 Å². The summed E-state index contributed by atoms with van der Waals surface area (Å²) < 4.78 is 0. The van der Waals surface area contributed by atoms with Crippen molar-refractivity contribution < 1.29 is 14.7 Å². The summed E-state index contributed by atoms with van der Waals surface area (Å²) in [6.07, 6.45) is 4.93. The maximum absolute atomic E-state index is 12.5. The number of carboxylic acids is 1. The minimum absolute atomic E-state index is 0.0337. The lowest BCUT2D eigenvalue weighted by Crippen LogP contribution is -2.56. The first-order valence-electron chi connectivity index (χ1n) is 7.34. The molecule has 4 heteroatoms. The number of rotatable bonds is 5. The number of hydrogen-bond acceptors (Lipinski definition) is 2. The average molecular weight is 269 g/mol. The summed E-state index contributed by atoms with van der Waals surface area (Å²) in [6, 6.07) is 0. The van der Waals surface area contributed by atoms with Crippen LogP contribution in [0.2, 0.25) is 0 Å². The molecule has 0 spiro atoms. The van der Waals surface area contributed by atoms with Gasteiger partial charge < -0.3 is 10.4 Å². The highest BCUT2D eigenvalue weighted by molar-refractivity contribution is 5.88. The number of hydrogen-bond donors (Lipinski definition) is 2. The van der Waals surface area contributed by atoms with Crippen LogP contribution in [0.4, 0.5) is 0 Å². The Morgan fingerprint density at radius 2 is 1.84 bits per heavy atom. The van der Waals surface area contributed by atoms with E-state index in [1.54, 1.807) is 0 Å². The Bertz CT molecular complexity index is 345. The van der Waals surface area contributed by atoms with Crippen molar-refractivity contribution >= 4 is 11.9 Å². The van der Waals surface area contributed by atoms with E-state index >= 15 is 0 Å². The molecule has 1 aliphatic carbocycles. The Labute approximate surface area is 116 Å². The molecule has 0 saturated heterocycles. The van der Waals surface area contributed by atoms with Crippen LogP contribution in [-0.2, 0) is 9.59 Å². The molecule has 1 atom stereocenters. The van der Waals surface area contributed by atoms with Gasteiger partial charge in [-0.25, -0.2) is 4.79 Å². The van der Waals surface area contributed by atoms with E-state index in [1.165, 1.54) is 0 Å². The second kappa shape index (κ2) is 5.93. The van der Waals surface area contributed by atoms with Gasteiger partial charge in [-0.1, -0.05) is 40.5 Å². The Balaban J connectivity index is 2.85. The third-order valence-corrected chi connectivity index (χ3v) is 4.80. The van der Waals surface area contributed by atoms with E-state index in [0.717, 1.165) is 25.7 Å². The lowest BCUT2D eigenvalue weighted by molar-refractivity contribution is -0.150. The highest BCUT2D eigenvalue weighted by Gasteiger charge is 2.42. The molecule has 2 N–H and O–H groups in total. The molecule has 1 fully saturated rings. The molecule has 0 aromatic rings. The van der Waals surface area contributed by atoms with Crippen LogP contribution < -0.4 is 5.32 Å². The van der Waals surface area contributed by atoms with Gasteiger partial charge in [0, 0.05) is 5.92 Å². The zero-order valence-corrected chi connectivity index (χ0v) is 12.6. The van der Waals surface area contributed by atoms with Crippen LogP contribution in [0.1, 0.15) is 66.2 Å². The van der Waals surface area contributed by atoms with Gasteiger partial charge in [-0.3, -0.25) is 4.79 Å².